The number of rotatable bonds is 3. The minimum absolute atomic E-state index is 0.0912. The van der Waals surface area contributed by atoms with Crippen molar-refractivity contribution in [3.8, 4) is 11.5 Å². The van der Waals surface area contributed by atoms with Gasteiger partial charge in [-0.3, -0.25) is 0 Å². The summed E-state index contributed by atoms with van der Waals surface area (Å²) in [6.45, 7) is 2.84. The topological polar surface area (TPSA) is 30.5 Å². The van der Waals surface area contributed by atoms with Gasteiger partial charge in [0.2, 0.25) is 0 Å². The molecule has 1 aliphatic heterocycles. The van der Waals surface area contributed by atoms with Gasteiger partial charge < -0.3 is 14.8 Å². The molecule has 0 bridgehead atoms. The summed E-state index contributed by atoms with van der Waals surface area (Å²) >= 11 is 0. The second-order valence-electron chi connectivity index (χ2n) is 4.31. The van der Waals surface area contributed by atoms with Gasteiger partial charge in [-0.25, -0.2) is 4.39 Å². The molecule has 94 valence electrons. The second kappa shape index (κ2) is 4.92. The first-order valence-electron chi connectivity index (χ1n) is 5.83. The van der Waals surface area contributed by atoms with Crippen molar-refractivity contribution in [3.05, 3.63) is 23.0 Å². The number of methoxy groups -OCH3 is 2. The Balaban J connectivity index is 2.50. The van der Waals surface area contributed by atoms with Gasteiger partial charge in [0.25, 0.3) is 0 Å². The zero-order valence-corrected chi connectivity index (χ0v) is 10.5. The molecule has 4 heteroatoms. The van der Waals surface area contributed by atoms with Crippen molar-refractivity contribution in [3.63, 3.8) is 0 Å². The predicted octanol–water partition coefficient (Wildman–Crippen LogP) is 2.58. The first kappa shape index (κ1) is 12.2. The van der Waals surface area contributed by atoms with Crippen LogP contribution in [-0.2, 0) is 0 Å². The number of halogens is 1. The van der Waals surface area contributed by atoms with Crippen molar-refractivity contribution >= 4 is 0 Å². The molecule has 2 rings (SSSR count). The highest BCUT2D eigenvalue weighted by atomic mass is 19.1. The van der Waals surface area contributed by atoms with Gasteiger partial charge in [0.05, 0.1) is 14.2 Å². The molecule has 17 heavy (non-hydrogen) atoms. The molecule has 0 saturated carbocycles. The molecule has 0 radical (unpaired) electrons. The summed E-state index contributed by atoms with van der Waals surface area (Å²) in [6.07, 6.45) is 2.04. The third-order valence-corrected chi connectivity index (χ3v) is 3.23. The Morgan fingerprint density at radius 3 is 2.53 bits per heavy atom. The fourth-order valence-corrected chi connectivity index (χ4v) is 2.41. The van der Waals surface area contributed by atoms with E-state index in [4.69, 9.17) is 9.47 Å². The van der Waals surface area contributed by atoms with Gasteiger partial charge in [-0.05, 0) is 37.9 Å². The average molecular weight is 239 g/mol. The maximum atomic E-state index is 14.3. The lowest BCUT2D eigenvalue weighted by Gasteiger charge is -2.18. The monoisotopic (exact) mass is 239 g/mol. The molecule has 1 N–H and O–H groups in total. The molecule has 1 fully saturated rings. The number of hydrogen-bond donors (Lipinski definition) is 1. The number of ether oxygens (including phenoxy) is 2. The molecule has 1 unspecified atom stereocenters. The normalized spacial score (nSPS) is 19.4. The van der Waals surface area contributed by atoms with Crippen LogP contribution in [0.15, 0.2) is 6.07 Å². The molecule has 0 spiro atoms. The van der Waals surface area contributed by atoms with Crippen LogP contribution in [0.2, 0.25) is 0 Å². The summed E-state index contributed by atoms with van der Waals surface area (Å²) in [7, 11) is 2.99. The lowest BCUT2D eigenvalue weighted by Crippen LogP contribution is -2.15. The predicted molar refractivity (Wildman–Crippen MR) is 64.2 cm³/mol. The average Bonchev–Trinajstić information content (AvgIpc) is 2.84. The van der Waals surface area contributed by atoms with E-state index in [1.807, 2.05) is 13.0 Å². The molecular formula is C13H18FNO2. The quantitative estimate of drug-likeness (QED) is 0.879. The highest BCUT2D eigenvalue weighted by Gasteiger charge is 2.25. The van der Waals surface area contributed by atoms with Crippen LogP contribution in [0.3, 0.4) is 0 Å². The van der Waals surface area contributed by atoms with Crippen molar-refractivity contribution < 1.29 is 13.9 Å². The summed E-state index contributed by atoms with van der Waals surface area (Å²) < 4.78 is 24.6. The van der Waals surface area contributed by atoms with Crippen LogP contribution in [0.1, 0.15) is 30.0 Å². The number of benzene rings is 1. The van der Waals surface area contributed by atoms with Gasteiger partial charge >= 0.3 is 0 Å². The Labute approximate surface area is 101 Å². The van der Waals surface area contributed by atoms with E-state index in [1.165, 1.54) is 14.2 Å². The van der Waals surface area contributed by atoms with Crippen LogP contribution in [0.4, 0.5) is 4.39 Å². The second-order valence-corrected chi connectivity index (χ2v) is 4.31. The molecule has 1 aromatic rings. The largest absolute Gasteiger partial charge is 0.492 e. The highest BCUT2D eigenvalue weighted by Crippen LogP contribution is 2.39. The van der Waals surface area contributed by atoms with Gasteiger partial charge in [0.15, 0.2) is 17.3 Å². The Morgan fingerprint density at radius 1 is 1.29 bits per heavy atom. The molecule has 1 aliphatic rings. The van der Waals surface area contributed by atoms with E-state index in [0.29, 0.717) is 11.3 Å². The zero-order chi connectivity index (χ0) is 12.4. The fourth-order valence-electron chi connectivity index (χ4n) is 2.41. The van der Waals surface area contributed by atoms with Crippen LogP contribution in [0.5, 0.6) is 11.5 Å². The van der Waals surface area contributed by atoms with Crippen LogP contribution >= 0.6 is 0 Å². The van der Waals surface area contributed by atoms with Gasteiger partial charge in [-0.15, -0.1) is 0 Å². The molecular weight excluding hydrogens is 221 g/mol. The Hall–Kier alpha value is -1.29. The number of hydrogen-bond acceptors (Lipinski definition) is 3. The third kappa shape index (κ3) is 2.09. The Morgan fingerprint density at radius 2 is 2.00 bits per heavy atom. The minimum Gasteiger partial charge on any atom is -0.492 e. The van der Waals surface area contributed by atoms with Crippen LogP contribution in [-0.4, -0.2) is 20.8 Å². The van der Waals surface area contributed by atoms with Crippen molar-refractivity contribution in [2.75, 3.05) is 20.8 Å². The molecule has 3 nitrogen and oxygen atoms in total. The number of aryl methyl sites for hydroxylation is 1. The van der Waals surface area contributed by atoms with Crippen LogP contribution in [0, 0.1) is 12.7 Å². The summed E-state index contributed by atoms with van der Waals surface area (Å²) in [5.74, 6) is 0.372. The van der Waals surface area contributed by atoms with E-state index in [9.17, 15) is 4.39 Å². The fraction of sp³-hybridized carbons (Fsp3) is 0.538. The molecule has 1 aromatic carbocycles. The van der Waals surface area contributed by atoms with Gasteiger partial charge in [0.1, 0.15) is 0 Å². The third-order valence-electron chi connectivity index (χ3n) is 3.23. The maximum Gasteiger partial charge on any atom is 0.197 e. The highest BCUT2D eigenvalue weighted by molar-refractivity contribution is 5.51. The van der Waals surface area contributed by atoms with E-state index in [0.717, 1.165) is 24.9 Å². The van der Waals surface area contributed by atoms with Gasteiger partial charge in [-0.1, -0.05) is 0 Å². The summed E-state index contributed by atoms with van der Waals surface area (Å²) in [6, 6.07) is 1.94. The molecule has 1 heterocycles. The standard InChI is InChI=1S/C13H18FNO2/c1-8-7-9(10-5-4-6-15-10)11(14)13(17-3)12(8)16-2/h7,10,15H,4-6H2,1-3H3. The van der Waals surface area contributed by atoms with Crippen molar-refractivity contribution in [1.82, 2.24) is 5.32 Å². The van der Waals surface area contributed by atoms with E-state index >= 15 is 0 Å². The summed E-state index contributed by atoms with van der Waals surface area (Å²) in [5, 5.41) is 3.29. The van der Waals surface area contributed by atoms with Gasteiger partial charge in [0, 0.05) is 11.6 Å². The van der Waals surface area contributed by atoms with Crippen LogP contribution in [0.25, 0.3) is 0 Å². The smallest absolute Gasteiger partial charge is 0.197 e. The summed E-state index contributed by atoms with van der Waals surface area (Å²) in [5.41, 5.74) is 1.58. The lowest BCUT2D eigenvalue weighted by atomic mass is 10.0. The van der Waals surface area contributed by atoms with Crippen molar-refractivity contribution in [2.45, 2.75) is 25.8 Å². The number of nitrogens with one attached hydrogen (secondary N) is 1. The van der Waals surface area contributed by atoms with Crippen molar-refractivity contribution in [1.29, 1.82) is 0 Å². The lowest BCUT2D eigenvalue weighted by molar-refractivity contribution is 0.332. The maximum absolute atomic E-state index is 14.3. The first-order valence-corrected chi connectivity index (χ1v) is 5.83. The van der Waals surface area contributed by atoms with E-state index < -0.39 is 0 Å². The van der Waals surface area contributed by atoms with E-state index in [2.05, 4.69) is 5.32 Å². The zero-order valence-electron chi connectivity index (χ0n) is 10.5. The van der Waals surface area contributed by atoms with E-state index in [-0.39, 0.29) is 17.6 Å². The molecule has 0 aromatic heterocycles. The van der Waals surface area contributed by atoms with Crippen LogP contribution < -0.4 is 14.8 Å². The molecule has 0 aliphatic carbocycles. The van der Waals surface area contributed by atoms with E-state index in [1.54, 1.807) is 0 Å². The molecule has 0 amide bonds. The van der Waals surface area contributed by atoms with Crippen molar-refractivity contribution in [2.24, 2.45) is 0 Å². The summed E-state index contributed by atoms with van der Waals surface area (Å²) in [4.78, 5) is 0. The molecule has 1 saturated heterocycles. The minimum atomic E-state index is -0.311. The van der Waals surface area contributed by atoms with Gasteiger partial charge in [-0.2, -0.15) is 0 Å². The Kier molecular flexibility index (Phi) is 3.52. The SMILES string of the molecule is COc1c(C)cc(C2CCCN2)c(F)c1OC. The Bertz CT molecular complexity index is 414. The first-order chi connectivity index (χ1) is 8.19. The molecule has 1 atom stereocenters.